The minimum Gasteiger partial charge on any atom is -0.482 e. The Bertz CT molecular complexity index is 2740. The average Bonchev–Trinajstić information content (AvgIpc) is 3.33. The number of carbonyl (C=O) groups excluding carboxylic acids is 1. The zero-order valence-electron chi connectivity index (χ0n) is 36.8. The molecule has 5 N–H and O–H groups in total. The van der Waals surface area contributed by atoms with Gasteiger partial charge in [0.15, 0.2) is 11.5 Å². The van der Waals surface area contributed by atoms with Crippen molar-refractivity contribution in [3.05, 3.63) is 142 Å². The lowest BCUT2D eigenvalue weighted by Crippen LogP contribution is -2.29. The topological polar surface area (TPSA) is 281 Å². The van der Waals surface area contributed by atoms with E-state index in [9.17, 15) is 30.3 Å². The van der Waals surface area contributed by atoms with Gasteiger partial charge in [0, 0.05) is 55.4 Å². The second-order valence-corrected chi connectivity index (χ2v) is 15.2. The first-order valence-corrected chi connectivity index (χ1v) is 21.0. The van der Waals surface area contributed by atoms with E-state index in [1.54, 1.807) is 24.5 Å². The molecule has 0 spiro atoms. The number of aliphatic carboxylic acids is 1. The Balaban J connectivity index is 1.17. The maximum absolute atomic E-state index is 11.0. The minimum absolute atomic E-state index is 0.00331. The van der Waals surface area contributed by atoms with Crippen molar-refractivity contribution >= 4 is 12.3 Å². The van der Waals surface area contributed by atoms with Gasteiger partial charge in [-0.25, -0.2) is 9.97 Å². The van der Waals surface area contributed by atoms with Gasteiger partial charge in [0.05, 0.1) is 55.2 Å². The molecule has 2 unspecified atom stereocenters. The summed E-state index contributed by atoms with van der Waals surface area (Å²) in [6.45, 7) is 4.88. The number of nitrogens with zero attached hydrogens (tertiary/aromatic N) is 8. The summed E-state index contributed by atoms with van der Waals surface area (Å²) in [6.07, 6.45) is 7.40. The number of carbonyl (C=O) groups is 2. The molecule has 344 valence electrons. The van der Waals surface area contributed by atoms with Crippen molar-refractivity contribution in [3.8, 4) is 46.5 Å². The summed E-state index contributed by atoms with van der Waals surface area (Å²) in [4.78, 5) is 47.9. The Morgan fingerprint density at radius 3 is 1.61 bits per heavy atom. The molecule has 19 nitrogen and oxygen atoms in total. The second kappa shape index (κ2) is 24.4. The van der Waals surface area contributed by atoms with Crippen LogP contribution in [0.25, 0.3) is 11.1 Å². The quantitative estimate of drug-likeness (QED) is 0.0499. The fourth-order valence-electron chi connectivity index (χ4n) is 6.66. The van der Waals surface area contributed by atoms with Crippen LogP contribution in [0.5, 0.6) is 23.3 Å². The molecule has 67 heavy (non-hydrogen) atoms. The van der Waals surface area contributed by atoms with Crippen molar-refractivity contribution in [2.45, 2.75) is 78.4 Å². The van der Waals surface area contributed by atoms with E-state index in [-0.39, 0.29) is 82.3 Å². The summed E-state index contributed by atoms with van der Waals surface area (Å²) in [5.41, 5.74) is 7.72. The van der Waals surface area contributed by atoms with Gasteiger partial charge < -0.3 is 49.7 Å². The highest BCUT2D eigenvalue weighted by Crippen LogP contribution is 2.33. The highest BCUT2D eigenvalue weighted by molar-refractivity contribution is 5.72. The number of carboxylic acids is 1. The molecule has 6 rings (SSSR count). The van der Waals surface area contributed by atoms with E-state index in [0.29, 0.717) is 40.2 Å². The van der Waals surface area contributed by atoms with Crippen LogP contribution < -0.4 is 29.6 Å². The number of hydrogen-bond acceptors (Lipinski definition) is 18. The van der Waals surface area contributed by atoms with E-state index in [2.05, 4.69) is 52.7 Å². The van der Waals surface area contributed by atoms with Crippen LogP contribution in [0.1, 0.15) is 69.0 Å². The number of nitriles is 2. The number of aliphatic hydroxyl groups excluding tert-OH is 2. The highest BCUT2D eigenvalue weighted by atomic mass is 16.5. The SMILES string of the molecule is Cc1c(COc2cnc(CNCC(O)CC=O)nc2OCc2cncc(C#N)c2)cccc1-c1cccc(COc2cnc(CNCC(O)CC(=O)O)nc2OCc2cncc(C#N)c2)c1C. The predicted octanol–water partition coefficient (Wildman–Crippen LogP) is 4.36. The molecule has 2 aromatic carbocycles. The molecule has 4 aromatic heterocycles. The molecule has 19 heteroatoms. The number of benzene rings is 2. The van der Waals surface area contributed by atoms with E-state index in [1.807, 2.05) is 50.2 Å². The third-order valence-electron chi connectivity index (χ3n) is 10.2. The van der Waals surface area contributed by atoms with Crippen molar-refractivity contribution in [2.24, 2.45) is 0 Å². The molecule has 2 atom stereocenters. The normalized spacial score (nSPS) is 11.7. The molecule has 0 aliphatic heterocycles. The Hall–Kier alpha value is -7.94. The van der Waals surface area contributed by atoms with Gasteiger partial charge in [0.2, 0.25) is 0 Å². The lowest BCUT2D eigenvalue weighted by atomic mass is 9.92. The van der Waals surface area contributed by atoms with Crippen LogP contribution in [0.3, 0.4) is 0 Å². The fourth-order valence-corrected chi connectivity index (χ4v) is 6.66. The van der Waals surface area contributed by atoms with Gasteiger partial charge in [-0.15, -0.1) is 0 Å². The minimum atomic E-state index is -1.11. The van der Waals surface area contributed by atoms with Gasteiger partial charge in [0.25, 0.3) is 11.8 Å². The average molecular weight is 909 g/mol. The molecule has 0 amide bonds. The first-order chi connectivity index (χ1) is 32.5. The van der Waals surface area contributed by atoms with Crippen molar-refractivity contribution in [1.82, 2.24) is 40.5 Å². The number of ether oxygens (including phenoxy) is 4. The standard InChI is InChI=1S/C48H48N10O9/c1-30-36(28-64-42-22-55-44(24-53-20-38(60)9-10-59)57-47(42)66-26-34-11-32(14-49)16-51-18-34)5-3-7-40(30)41-8-4-6-37(31(41)2)29-65-43-23-56-45(25-54-21-39(61)13-46(62)63)58-48(43)67-27-35-12-33(15-50)17-52-19-35/h3-8,10-12,16-19,22-23,38-39,53-54,60-61H,9,13,20-21,24-29H2,1-2H3,(H,62,63). The smallest absolute Gasteiger partial charge is 0.306 e. The van der Waals surface area contributed by atoms with Gasteiger partial charge >= 0.3 is 5.97 Å². The van der Waals surface area contributed by atoms with Gasteiger partial charge in [-0.1, -0.05) is 36.4 Å². The van der Waals surface area contributed by atoms with Crippen LogP contribution in [-0.4, -0.2) is 82.8 Å². The van der Waals surface area contributed by atoms with Crippen molar-refractivity contribution in [1.29, 1.82) is 10.5 Å². The highest BCUT2D eigenvalue weighted by Gasteiger charge is 2.18. The van der Waals surface area contributed by atoms with Crippen LogP contribution in [0, 0.1) is 36.5 Å². The first-order valence-electron chi connectivity index (χ1n) is 21.0. The number of nitrogens with one attached hydrogen (secondary N) is 2. The van der Waals surface area contributed by atoms with Gasteiger partial charge in [-0.2, -0.15) is 20.5 Å². The number of carboxylic acid groups (broad SMARTS) is 1. The molecule has 0 saturated heterocycles. The Kier molecular flexibility index (Phi) is 17.7. The molecular weight excluding hydrogens is 861 g/mol. The van der Waals surface area contributed by atoms with Gasteiger partial charge in [-0.3, -0.25) is 14.8 Å². The van der Waals surface area contributed by atoms with E-state index in [0.717, 1.165) is 33.4 Å². The Labute approximate surface area is 386 Å². The third kappa shape index (κ3) is 14.3. The summed E-state index contributed by atoms with van der Waals surface area (Å²) >= 11 is 0. The molecule has 0 aliphatic rings. The predicted molar refractivity (Wildman–Crippen MR) is 239 cm³/mol. The number of aldehydes is 1. The summed E-state index contributed by atoms with van der Waals surface area (Å²) < 4.78 is 24.8. The van der Waals surface area contributed by atoms with Crippen LogP contribution in [0.4, 0.5) is 0 Å². The number of pyridine rings is 2. The second-order valence-electron chi connectivity index (χ2n) is 15.2. The number of hydrogen-bond donors (Lipinski definition) is 5. The summed E-state index contributed by atoms with van der Waals surface area (Å²) in [5.74, 6) is 0.427. The molecule has 0 aliphatic carbocycles. The maximum Gasteiger partial charge on any atom is 0.306 e. The van der Waals surface area contributed by atoms with Crippen LogP contribution in [0.15, 0.2) is 85.7 Å². The molecule has 4 heterocycles. The largest absolute Gasteiger partial charge is 0.482 e. The van der Waals surface area contributed by atoms with E-state index in [1.165, 1.54) is 24.8 Å². The fraction of sp³-hybridized carbons (Fsp3) is 0.292. The molecular formula is C48H48N10O9. The molecule has 0 bridgehead atoms. The first kappa shape index (κ1) is 48.5. The van der Waals surface area contributed by atoms with Crippen molar-refractivity contribution in [3.63, 3.8) is 0 Å². The number of rotatable bonds is 25. The number of aromatic nitrogens is 6. The lowest BCUT2D eigenvalue weighted by Gasteiger charge is -2.18. The summed E-state index contributed by atoms with van der Waals surface area (Å²) in [7, 11) is 0. The van der Waals surface area contributed by atoms with Crippen molar-refractivity contribution < 1.29 is 43.9 Å². The van der Waals surface area contributed by atoms with Gasteiger partial charge in [-0.05, 0) is 59.4 Å². The van der Waals surface area contributed by atoms with E-state index >= 15 is 0 Å². The number of aliphatic hydroxyl groups is 2. The Morgan fingerprint density at radius 2 is 1.16 bits per heavy atom. The monoisotopic (exact) mass is 908 g/mol. The van der Waals surface area contributed by atoms with Crippen LogP contribution >= 0.6 is 0 Å². The van der Waals surface area contributed by atoms with E-state index in [4.69, 9.17) is 24.1 Å². The lowest BCUT2D eigenvalue weighted by molar-refractivity contribution is -0.139. The van der Waals surface area contributed by atoms with Crippen LogP contribution in [0.2, 0.25) is 0 Å². The molecule has 6 aromatic rings. The summed E-state index contributed by atoms with van der Waals surface area (Å²) in [5, 5.41) is 53.5. The van der Waals surface area contributed by atoms with E-state index < -0.39 is 24.6 Å². The van der Waals surface area contributed by atoms with Crippen LogP contribution in [-0.2, 0) is 49.1 Å². The zero-order chi connectivity index (χ0) is 47.5. The third-order valence-corrected chi connectivity index (χ3v) is 10.2. The Morgan fingerprint density at radius 1 is 0.687 bits per heavy atom. The van der Waals surface area contributed by atoms with Gasteiger partial charge in [0.1, 0.15) is 56.5 Å². The molecule has 0 radical (unpaired) electrons. The molecule has 0 saturated carbocycles. The van der Waals surface area contributed by atoms with Crippen molar-refractivity contribution in [2.75, 3.05) is 13.1 Å². The zero-order valence-corrected chi connectivity index (χ0v) is 36.8. The maximum atomic E-state index is 11.0. The molecule has 0 fully saturated rings. The summed E-state index contributed by atoms with van der Waals surface area (Å²) in [6, 6.07) is 19.4.